The molecule has 0 saturated carbocycles. The molecule has 1 aromatic carbocycles. The van der Waals surface area contributed by atoms with Crippen LogP contribution in [-0.2, 0) is 0 Å². The quantitative estimate of drug-likeness (QED) is 0.646. The Morgan fingerprint density at radius 2 is 2.00 bits per heavy atom. The Bertz CT molecular complexity index is 414. The number of para-hydroxylation sites is 1. The Morgan fingerprint density at radius 1 is 1.29 bits per heavy atom. The van der Waals surface area contributed by atoms with Crippen molar-refractivity contribution in [3.8, 4) is 0 Å². The summed E-state index contributed by atoms with van der Waals surface area (Å²) < 4.78 is 0. The van der Waals surface area contributed by atoms with Crippen molar-refractivity contribution in [2.45, 2.75) is 26.2 Å². The molecule has 92 valence electrons. The summed E-state index contributed by atoms with van der Waals surface area (Å²) in [6.45, 7) is 3.79. The number of hydrogen-bond acceptors (Lipinski definition) is 4. The highest BCUT2D eigenvalue weighted by molar-refractivity contribution is 5.65. The molecule has 1 fully saturated rings. The molecule has 1 saturated heterocycles. The van der Waals surface area contributed by atoms with E-state index in [1.807, 2.05) is 13.0 Å². The first kappa shape index (κ1) is 11.9. The van der Waals surface area contributed by atoms with E-state index in [1.54, 1.807) is 12.1 Å². The van der Waals surface area contributed by atoms with Gasteiger partial charge in [-0.15, -0.1) is 0 Å². The molecule has 0 spiro atoms. The molecule has 1 aliphatic rings. The molecule has 0 atom stereocenters. The van der Waals surface area contributed by atoms with Gasteiger partial charge in [-0.25, -0.2) is 5.01 Å². The summed E-state index contributed by atoms with van der Waals surface area (Å²) in [6.07, 6.45) is 3.54. The molecule has 1 N–H and O–H groups in total. The molecule has 5 nitrogen and oxygen atoms in total. The molecule has 17 heavy (non-hydrogen) atoms. The van der Waals surface area contributed by atoms with E-state index in [0.29, 0.717) is 5.69 Å². The van der Waals surface area contributed by atoms with Crippen LogP contribution in [-0.4, -0.2) is 23.0 Å². The summed E-state index contributed by atoms with van der Waals surface area (Å²) in [6, 6.07) is 5.15. The van der Waals surface area contributed by atoms with Gasteiger partial charge in [0.1, 0.15) is 5.69 Å². The van der Waals surface area contributed by atoms with E-state index in [0.717, 1.165) is 31.5 Å². The highest BCUT2D eigenvalue weighted by Gasteiger charge is 2.18. The fourth-order valence-corrected chi connectivity index (χ4v) is 2.11. The monoisotopic (exact) mass is 235 g/mol. The SMILES string of the molecule is Cc1cccc([N+](=O)[O-])c1NN1CCCCC1. The van der Waals surface area contributed by atoms with Gasteiger partial charge < -0.3 is 5.43 Å². The number of rotatable bonds is 3. The maximum absolute atomic E-state index is 11.0. The molecule has 2 rings (SSSR count). The lowest BCUT2D eigenvalue weighted by Gasteiger charge is -2.28. The van der Waals surface area contributed by atoms with Crippen molar-refractivity contribution in [3.63, 3.8) is 0 Å². The largest absolute Gasteiger partial charge is 0.313 e. The Balaban J connectivity index is 2.21. The summed E-state index contributed by atoms with van der Waals surface area (Å²) in [5.74, 6) is 0. The minimum atomic E-state index is -0.334. The van der Waals surface area contributed by atoms with Crippen molar-refractivity contribution in [1.82, 2.24) is 5.01 Å². The zero-order chi connectivity index (χ0) is 12.3. The van der Waals surface area contributed by atoms with E-state index in [2.05, 4.69) is 10.4 Å². The average molecular weight is 235 g/mol. The number of benzene rings is 1. The summed E-state index contributed by atoms with van der Waals surface area (Å²) in [7, 11) is 0. The Labute approximate surface area is 101 Å². The van der Waals surface area contributed by atoms with Gasteiger partial charge in [0.05, 0.1) is 4.92 Å². The third-order valence-electron chi connectivity index (χ3n) is 3.07. The second-order valence-electron chi connectivity index (χ2n) is 4.39. The lowest BCUT2D eigenvalue weighted by molar-refractivity contribution is -0.384. The number of aryl methyl sites for hydroxylation is 1. The third kappa shape index (κ3) is 2.74. The predicted molar refractivity (Wildman–Crippen MR) is 66.9 cm³/mol. The topological polar surface area (TPSA) is 58.4 Å². The molecular formula is C12H17N3O2. The van der Waals surface area contributed by atoms with E-state index >= 15 is 0 Å². The van der Waals surface area contributed by atoms with E-state index in [4.69, 9.17) is 0 Å². The second-order valence-corrected chi connectivity index (χ2v) is 4.39. The standard InChI is InChI=1S/C12H17N3O2/c1-10-6-5-7-11(15(16)17)12(10)13-14-8-3-2-4-9-14/h5-7,13H,2-4,8-9H2,1H3. The van der Waals surface area contributed by atoms with Crippen LogP contribution in [0.25, 0.3) is 0 Å². The number of hydrazine groups is 1. The zero-order valence-electron chi connectivity index (χ0n) is 9.98. The van der Waals surface area contributed by atoms with Crippen molar-refractivity contribution < 1.29 is 4.92 Å². The van der Waals surface area contributed by atoms with Crippen LogP contribution >= 0.6 is 0 Å². The highest BCUT2D eigenvalue weighted by atomic mass is 16.6. The average Bonchev–Trinajstić information content (AvgIpc) is 2.33. The van der Waals surface area contributed by atoms with Gasteiger partial charge in [0, 0.05) is 19.2 Å². The minimum Gasteiger partial charge on any atom is -0.313 e. The normalized spacial score (nSPS) is 16.8. The van der Waals surface area contributed by atoms with Crippen LogP contribution in [0.2, 0.25) is 0 Å². The van der Waals surface area contributed by atoms with Crippen LogP contribution in [0.5, 0.6) is 0 Å². The van der Waals surface area contributed by atoms with Crippen molar-refractivity contribution >= 4 is 11.4 Å². The van der Waals surface area contributed by atoms with Crippen LogP contribution in [0.4, 0.5) is 11.4 Å². The molecule has 0 aromatic heterocycles. The summed E-state index contributed by atoms with van der Waals surface area (Å²) in [4.78, 5) is 10.6. The zero-order valence-corrected chi connectivity index (χ0v) is 9.98. The number of hydrogen-bond donors (Lipinski definition) is 1. The summed E-state index contributed by atoms with van der Waals surface area (Å²) in [5.41, 5.74) is 4.87. The van der Waals surface area contributed by atoms with Crippen molar-refractivity contribution in [3.05, 3.63) is 33.9 Å². The van der Waals surface area contributed by atoms with Crippen LogP contribution in [0.3, 0.4) is 0 Å². The molecule has 0 aliphatic carbocycles. The molecule has 0 radical (unpaired) electrons. The molecule has 0 amide bonds. The molecule has 1 aromatic rings. The van der Waals surface area contributed by atoms with Crippen molar-refractivity contribution in [2.24, 2.45) is 0 Å². The lowest BCUT2D eigenvalue weighted by Crippen LogP contribution is -2.35. The number of anilines is 1. The van der Waals surface area contributed by atoms with Gasteiger partial charge in [0.25, 0.3) is 5.69 Å². The fourth-order valence-electron chi connectivity index (χ4n) is 2.11. The van der Waals surface area contributed by atoms with E-state index in [1.165, 1.54) is 6.42 Å². The summed E-state index contributed by atoms with van der Waals surface area (Å²) in [5, 5.41) is 13.0. The summed E-state index contributed by atoms with van der Waals surface area (Å²) >= 11 is 0. The first-order valence-corrected chi connectivity index (χ1v) is 5.94. The third-order valence-corrected chi connectivity index (χ3v) is 3.07. The van der Waals surface area contributed by atoms with Gasteiger partial charge in [-0.1, -0.05) is 18.6 Å². The number of piperidine rings is 1. The van der Waals surface area contributed by atoms with Gasteiger partial charge in [-0.3, -0.25) is 10.1 Å². The molecule has 5 heteroatoms. The number of nitrogens with one attached hydrogen (secondary N) is 1. The van der Waals surface area contributed by atoms with Gasteiger partial charge in [0.2, 0.25) is 0 Å². The molecule has 1 heterocycles. The predicted octanol–water partition coefficient (Wildman–Crippen LogP) is 2.72. The second kappa shape index (κ2) is 5.14. The van der Waals surface area contributed by atoms with E-state index in [-0.39, 0.29) is 10.6 Å². The smallest absolute Gasteiger partial charge is 0.293 e. The fraction of sp³-hybridized carbons (Fsp3) is 0.500. The van der Waals surface area contributed by atoms with E-state index < -0.39 is 0 Å². The number of nitrogens with zero attached hydrogens (tertiary/aromatic N) is 2. The first-order valence-electron chi connectivity index (χ1n) is 5.94. The van der Waals surface area contributed by atoms with Gasteiger partial charge in [-0.2, -0.15) is 0 Å². The van der Waals surface area contributed by atoms with Crippen molar-refractivity contribution in [1.29, 1.82) is 0 Å². The first-order chi connectivity index (χ1) is 8.18. The number of nitro groups is 1. The molecule has 1 aliphatic heterocycles. The van der Waals surface area contributed by atoms with Crippen LogP contribution in [0, 0.1) is 17.0 Å². The maximum atomic E-state index is 11.0. The number of nitro benzene ring substituents is 1. The lowest BCUT2D eigenvalue weighted by atomic mass is 10.1. The Kier molecular flexibility index (Phi) is 3.58. The Morgan fingerprint density at radius 3 is 2.65 bits per heavy atom. The Hall–Kier alpha value is -1.62. The van der Waals surface area contributed by atoms with Crippen molar-refractivity contribution in [2.75, 3.05) is 18.5 Å². The van der Waals surface area contributed by atoms with Gasteiger partial charge in [-0.05, 0) is 25.3 Å². The van der Waals surface area contributed by atoms with Gasteiger partial charge in [0.15, 0.2) is 0 Å². The van der Waals surface area contributed by atoms with Gasteiger partial charge >= 0.3 is 0 Å². The van der Waals surface area contributed by atoms with Crippen LogP contribution in [0.1, 0.15) is 24.8 Å². The van der Waals surface area contributed by atoms with E-state index in [9.17, 15) is 10.1 Å². The maximum Gasteiger partial charge on any atom is 0.293 e. The molecule has 0 unspecified atom stereocenters. The van der Waals surface area contributed by atoms with Crippen LogP contribution in [0.15, 0.2) is 18.2 Å². The van der Waals surface area contributed by atoms with Crippen LogP contribution < -0.4 is 5.43 Å². The minimum absolute atomic E-state index is 0.149. The molecule has 0 bridgehead atoms. The highest BCUT2D eigenvalue weighted by Crippen LogP contribution is 2.28. The molecular weight excluding hydrogens is 218 g/mol.